The van der Waals surface area contributed by atoms with E-state index in [9.17, 15) is 4.79 Å². The molecule has 2 aromatic rings. The topological polar surface area (TPSA) is 52.1 Å². The second-order valence-electron chi connectivity index (χ2n) is 4.55. The van der Waals surface area contributed by atoms with Crippen LogP contribution in [0, 0.1) is 0 Å². The Bertz CT molecular complexity index is 658. The molecule has 0 amide bonds. The molecule has 0 saturated carbocycles. The van der Waals surface area contributed by atoms with Crippen molar-refractivity contribution in [1.29, 1.82) is 0 Å². The lowest BCUT2D eigenvalue weighted by Gasteiger charge is -2.11. The molecule has 5 heteroatoms. The van der Waals surface area contributed by atoms with Gasteiger partial charge in [0.05, 0.1) is 11.3 Å². The third-order valence-electron chi connectivity index (χ3n) is 3.31. The van der Waals surface area contributed by atoms with E-state index < -0.39 is 0 Å². The summed E-state index contributed by atoms with van der Waals surface area (Å²) >= 11 is 1.50. The minimum Gasteiger partial charge on any atom is -0.438 e. The second-order valence-corrected chi connectivity index (χ2v) is 5.33. The van der Waals surface area contributed by atoms with Gasteiger partial charge in [-0.2, -0.15) is 4.98 Å². The first-order valence-corrected chi connectivity index (χ1v) is 7.70. The van der Waals surface area contributed by atoms with Crippen LogP contribution in [0.4, 0.5) is 0 Å². The van der Waals surface area contributed by atoms with Gasteiger partial charge in [-0.05, 0) is 37.7 Å². The SMILES string of the molecule is CSc1nc2c(c(Oc3ccccc3C=O)n1)CCC2. The molecule has 0 bridgehead atoms. The van der Waals surface area contributed by atoms with E-state index in [2.05, 4.69) is 9.97 Å². The number of benzene rings is 1. The Morgan fingerprint density at radius 1 is 1.25 bits per heavy atom. The van der Waals surface area contributed by atoms with Gasteiger partial charge in [0.25, 0.3) is 0 Å². The summed E-state index contributed by atoms with van der Waals surface area (Å²) in [5.74, 6) is 1.13. The van der Waals surface area contributed by atoms with Crippen molar-refractivity contribution in [2.75, 3.05) is 6.26 Å². The van der Waals surface area contributed by atoms with Crippen LogP contribution in [-0.2, 0) is 12.8 Å². The molecule has 0 saturated heterocycles. The van der Waals surface area contributed by atoms with Gasteiger partial charge in [-0.1, -0.05) is 23.9 Å². The molecule has 1 aliphatic rings. The largest absolute Gasteiger partial charge is 0.438 e. The maximum atomic E-state index is 11.1. The molecule has 20 heavy (non-hydrogen) atoms. The molecule has 0 fully saturated rings. The highest BCUT2D eigenvalue weighted by Crippen LogP contribution is 2.33. The third-order valence-corrected chi connectivity index (χ3v) is 3.86. The van der Waals surface area contributed by atoms with Gasteiger partial charge in [-0.15, -0.1) is 0 Å². The quantitative estimate of drug-likeness (QED) is 0.490. The molecule has 1 aromatic heterocycles. The first-order valence-electron chi connectivity index (χ1n) is 6.47. The monoisotopic (exact) mass is 286 g/mol. The van der Waals surface area contributed by atoms with Crippen LogP contribution >= 0.6 is 11.8 Å². The number of ether oxygens (including phenoxy) is 1. The van der Waals surface area contributed by atoms with Crippen molar-refractivity contribution in [1.82, 2.24) is 9.97 Å². The molecule has 0 N–H and O–H groups in total. The van der Waals surface area contributed by atoms with Gasteiger partial charge in [-0.3, -0.25) is 4.79 Å². The van der Waals surface area contributed by atoms with Crippen LogP contribution < -0.4 is 4.74 Å². The number of aromatic nitrogens is 2. The third kappa shape index (κ3) is 2.41. The Labute approximate surface area is 121 Å². The Morgan fingerprint density at radius 3 is 2.90 bits per heavy atom. The number of rotatable bonds is 4. The number of aryl methyl sites for hydroxylation is 1. The number of carbonyl (C=O) groups is 1. The minimum absolute atomic E-state index is 0.531. The lowest BCUT2D eigenvalue weighted by Crippen LogP contribution is -2.01. The summed E-state index contributed by atoms with van der Waals surface area (Å²) in [5.41, 5.74) is 2.68. The zero-order valence-electron chi connectivity index (χ0n) is 11.1. The van der Waals surface area contributed by atoms with E-state index in [-0.39, 0.29) is 0 Å². The molecule has 0 aliphatic heterocycles. The summed E-state index contributed by atoms with van der Waals surface area (Å²) in [7, 11) is 0. The molecule has 3 rings (SSSR count). The standard InChI is InChI=1S/C15H14N2O2S/c1-20-15-16-12-7-4-6-11(12)14(17-15)19-13-8-3-2-5-10(13)9-18/h2-3,5,8-9H,4,6-7H2,1H3. The average Bonchev–Trinajstić information content (AvgIpc) is 2.96. The fraction of sp³-hybridized carbons (Fsp3) is 0.267. The number of para-hydroxylation sites is 1. The van der Waals surface area contributed by atoms with Crippen molar-refractivity contribution in [2.45, 2.75) is 24.4 Å². The maximum absolute atomic E-state index is 11.1. The van der Waals surface area contributed by atoms with Gasteiger partial charge in [-0.25, -0.2) is 4.98 Å². The number of hydrogen-bond acceptors (Lipinski definition) is 5. The fourth-order valence-corrected chi connectivity index (χ4v) is 2.70. The molecule has 102 valence electrons. The van der Waals surface area contributed by atoms with Crippen molar-refractivity contribution in [3.05, 3.63) is 41.1 Å². The number of hydrogen-bond donors (Lipinski definition) is 0. The molecule has 1 aliphatic carbocycles. The van der Waals surface area contributed by atoms with Crippen molar-refractivity contribution < 1.29 is 9.53 Å². The predicted octanol–water partition coefficient (Wildman–Crippen LogP) is 3.29. The summed E-state index contributed by atoms with van der Waals surface area (Å²) in [5, 5.41) is 0.712. The van der Waals surface area contributed by atoms with Crippen LogP contribution in [-0.4, -0.2) is 22.5 Å². The lowest BCUT2D eigenvalue weighted by atomic mass is 10.2. The lowest BCUT2D eigenvalue weighted by molar-refractivity contribution is 0.112. The number of thioether (sulfide) groups is 1. The number of carbonyl (C=O) groups excluding carboxylic acids is 1. The van der Waals surface area contributed by atoms with E-state index in [1.807, 2.05) is 18.4 Å². The van der Waals surface area contributed by atoms with Crippen LogP contribution in [0.25, 0.3) is 0 Å². The van der Waals surface area contributed by atoms with Crippen LogP contribution in [0.2, 0.25) is 0 Å². The van der Waals surface area contributed by atoms with Crippen molar-refractivity contribution in [3.63, 3.8) is 0 Å². The summed E-state index contributed by atoms with van der Waals surface area (Å²) in [6.45, 7) is 0. The van der Waals surface area contributed by atoms with Gasteiger partial charge in [0.15, 0.2) is 11.4 Å². The summed E-state index contributed by atoms with van der Waals surface area (Å²) in [6.07, 6.45) is 5.72. The highest BCUT2D eigenvalue weighted by Gasteiger charge is 2.21. The molecule has 0 spiro atoms. The van der Waals surface area contributed by atoms with E-state index in [0.29, 0.717) is 22.3 Å². The molecule has 0 radical (unpaired) electrons. The average molecular weight is 286 g/mol. The smallest absolute Gasteiger partial charge is 0.226 e. The molecule has 1 heterocycles. The van der Waals surface area contributed by atoms with Gasteiger partial charge in [0, 0.05) is 5.56 Å². The molecule has 0 atom stereocenters. The normalized spacial score (nSPS) is 13.1. The van der Waals surface area contributed by atoms with Gasteiger partial charge in [0.2, 0.25) is 5.88 Å². The number of nitrogens with zero attached hydrogens (tertiary/aromatic N) is 2. The van der Waals surface area contributed by atoms with Crippen molar-refractivity contribution in [3.8, 4) is 11.6 Å². The fourth-order valence-electron chi connectivity index (χ4n) is 2.33. The first-order chi connectivity index (χ1) is 9.81. The minimum atomic E-state index is 0.531. The second kappa shape index (κ2) is 5.63. The van der Waals surface area contributed by atoms with Gasteiger partial charge >= 0.3 is 0 Å². The van der Waals surface area contributed by atoms with E-state index in [1.165, 1.54) is 11.8 Å². The highest BCUT2D eigenvalue weighted by atomic mass is 32.2. The van der Waals surface area contributed by atoms with Crippen LogP contribution in [0.5, 0.6) is 11.6 Å². The molecule has 1 aromatic carbocycles. The number of aldehydes is 1. The van der Waals surface area contributed by atoms with Crippen molar-refractivity contribution in [2.24, 2.45) is 0 Å². The molecule has 0 unspecified atom stereocenters. The first kappa shape index (κ1) is 13.1. The van der Waals surface area contributed by atoms with E-state index >= 15 is 0 Å². The zero-order valence-corrected chi connectivity index (χ0v) is 11.9. The van der Waals surface area contributed by atoms with E-state index in [4.69, 9.17) is 4.74 Å². The van der Waals surface area contributed by atoms with E-state index in [0.717, 1.165) is 36.8 Å². The highest BCUT2D eigenvalue weighted by molar-refractivity contribution is 7.98. The Kier molecular flexibility index (Phi) is 3.69. The zero-order chi connectivity index (χ0) is 13.9. The van der Waals surface area contributed by atoms with Gasteiger partial charge in [0.1, 0.15) is 5.75 Å². The Morgan fingerprint density at radius 2 is 2.10 bits per heavy atom. The number of fused-ring (bicyclic) bond motifs is 1. The van der Waals surface area contributed by atoms with Crippen LogP contribution in [0.1, 0.15) is 28.0 Å². The van der Waals surface area contributed by atoms with Gasteiger partial charge < -0.3 is 4.74 Å². The van der Waals surface area contributed by atoms with E-state index in [1.54, 1.807) is 12.1 Å². The predicted molar refractivity (Wildman–Crippen MR) is 77.7 cm³/mol. The van der Waals surface area contributed by atoms with Crippen LogP contribution in [0.3, 0.4) is 0 Å². The summed E-state index contributed by atoms with van der Waals surface area (Å²) in [4.78, 5) is 20.0. The molecular formula is C15H14N2O2S. The Balaban J connectivity index is 2.02. The Hall–Kier alpha value is -1.88. The summed E-state index contributed by atoms with van der Waals surface area (Å²) in [6, 6.07) is 7.18. The van der Waals surface area contributed by atoms with Crippen molar-refractivity contribution >= 4 is 18.0 Å². The van der Waals surface area contributed by atoms with Crippen LogP contribution in [0.15, 0.2) is 29.4 Å². The maximum Gasteiger partial charge on any atom is 0.226 e. The molecule has 4 nitrogen and oxygen atoms in total. The summed E-state index contributed by atoms with van der Waals surface area (Å²) < 4.78 is 5.89. The molecular weight excluding hydrogens is 272 g/mol.